The Balaban J connectivity index is 0. The lowest BCUT2D eigenvalue weighted by molar-refractivity contribution is 0.736. The molecule has 112 valence electrons. The van der Waals surface area contributed by atoms with Crippen molar-refractivity contribution in [3.63, 3.8) is 0 Å². The highest BCUT2D eigenvalue weighted by Crippen LogP contribution is 1.81. The minimum absolute atomic E-state index is 0.833. The lowest BCUT2D eigenvalue weighted by Crippen LogP contribution is -1.66. The van der Waals surface area contributed by atoms with Crippen LogP contribution in [0.25, 0.3) is 0 Å². The van der Waals surface area contributed by atoms with Crippen molar-refractivity contribution in [1.82, 2.24) is 19.9 Å². The summed E-state index contributed by atoms with van der Waals surface area (Å²) >= 11 is 0. The fourth-order valence-electron chi connectivity index (χ4n) is 0.507. The summed E-state index contributed by atoms with van der Waals surface area (Å²) in [5.74, 6) is 1.67. The van der Waals surface area contributed by atoms with Gasteiger partial charge in [-0.1, -0.05) is 41.5 Å². The second-order valence-electron chi connectivity index (χ2n) is 5.27. The van der Waals surface area contributed by atoms with Gasteiger partial charge in [-0.15, -0.1) is 0 Å². The maximum Gasteiger partial charge on any atom is 0.115 e. The van der Waals surface area contributed by atoms with Crippen molar-refractivity contribution < 1.29 is 0 Å². The van der Waals surface area contributed by atoms with Crippen LogP contribution in [0.1, 0.15) is 41.5 Å². The molecule has 0 radical (unpaired) electrons. The summed E-state index contributed by atoms with van der Waals surface area (Å²) < 4.78 is 0. The first-order valence-corrected chi connectivity index (χ1v) is 6.86. The predicted molar refractivity (Wildman–Crippen MR) is 85.1 cm³/mol. The minimum atomic E-state index is 0.833. The van der Waals surface area contributed by atoms with Gasteiger partial charge in [0.05, 0.1) is 0 Å². The molecule has 2 heterocycles. The maximum absolute atomic E-state index is 3.67. The molecule has 0 N–H and O–H groups in total. The zero-order chi connectivity index (χ0) is 15.6. The smallest absolute Gasteiger partial charge is 0.115 e. The standard InChI is InChI=1S/2C4H4N2.2C4H10/c2*1-2-5-4-6-3-1;2*1-4(2)3/h2*1-4H;2*4H,1-3H3. The Morgan fingerprint density at radius 1 is 0.500 bits per heavy atom. The van der Waals surface area contributed by atoms with Crippen LogP contribution >= 0.6 is 0 Å². The zero-order valence-electron chi connectivity index (χ0n) is 13.6. The van der Waals surface area contributed by atoms with Crippen LogP contribution in [0.15, 0.2) is 49.6 Å². The summed E-state index contributed by atoms with van der Waals surface area (Å²) in [5, 5.41) is 0. The van der Waals surface area contributed by atoms with Crippen molar-refractivity contribution >= 4 is 0 Å². The third-order valence-electron chi connectivity index (χ3n) is 0.955. The molecule has 0 amide bonds. The molecule has 0 atom stereocenters. The first-order valence-electron chi connectivity index (χ1n) is 6.86. The van der Waals surface area contributed by atoms with Gasteiger partial charge in [-0.2, -0.15) is 0 Å². The molecule has 0 saturated carbocycles. The van der Waals surface area contributed by atoms with E-state index in [4.69, 9.17) is 0 Å². The molecule has 4 nitrogen and oxygen atoms in total. The predicted octanol–water partition coefficient (Wildman–Crippen LogP) is 4.28. The van der Waals surface area contributed by atoms with E-state index in [0.29, 0.717) is 0 Å². The normalized spacial score (nSPS) is 8.40. The second kappa shape index (κ2) is 17.2. The highest BCUT2D eigenvalue weighted by molar-refractivity contribution is 4.74. The lowest BCUT2D eigenvalue weighted by atomic mass is 10.3. The van der Waals surface area contributed by atoms with Crippen molar-refractivity contribution in [3.05, 3.63) is 49.6 Å². The quantitative estimate of drug-likeness (QED) is 0.720. The van der Waals surface area contributed by atoms with E-state index in [9.17, 15) is 0 Å². The van der Waals surface area contributed by atoms with Gasteiger partial charge in [0, 0.05) is 24.8 Å². The van der Waals surface area contributed by atoms with E-state index in [1.54, 1.807) is 36.9 Å². The van der Waals surface area contributed by atoms with Gasteiger partial charge in [0.15, 0.2) is 0 Å². The van der Waals surface area contributed by atoms with Gasteiger partial charge in [-0.05, 0) is 24.0 Å². The van der Waals surface area contributed by atoms with Crippen molar-refractivity contribution in [1.29, 1.82) is 0 Å². The first-order chi connectivity index (χ1) is 9.46. The van der Waals surface area contributed by atoms with Crippen molar-refractivity contribution in [3.8, 4) is 0 Å². The highest BCUT2D eigenvalue weighted by Gasteiger charge is 1.68. The van der Waals surface area contributed by atoms with E-state index in [1.165, 1.54) is 12.7 Å². The zero-order valence-corrected chi connectivity index (χ0v) is 13.6. The summed E-state index contributed by atoms with van der Waals surface area (Å²) in [5.41, 5.74) is 0. The molecule has 0 spiro atoms. The third kappa shape index (κ3) is 36.0. The number of aromatic nitrogens is 4. The van der Waals surface area contributed by atoms with E-state index < -0.39 is 0 Å². The average Bonchev–Trinajstić information content (AvgIpc) is 2.42. The molecule has 2 aromatic rings. The highest BCUT2D eigenvalue weighted by atomic mass is 14.8. The molecule has 2 rings (SSSR count). The molecule has 0 bridgehead atoms. The molecule has 2 aromatic heterocycles. The fraction of sp³-hybridized carbons (Fsp3) is 0.500. The van der Waals surface area contributed by atoms with Gasteiger partial charge in [0.2, 0.25) is 0 Å². The monoisotopic (exact) mass is 276 g/mol. The van der Waals surface area contributed by atoms with Gasteiger partial charge >= 0.3 is 0 Å². The van der Waals surface area contributed by atoms with Crippen LogP contribution in [-0.2, 0) is 0 Å². The van der Waals surface area contributed by atoms with E-state index in [-0.39, 0.29) is 0 Å². The Kier molecular flexibility index (Phi) is 17.6. The van der Waals surface area contributed by atoms with Crippen LogP contribution < -0.4 is 0 Å². The molecule has 20 heavy (non-hydrogen) atoms. The Hall–Kier alpha value is -1.84. The average molecular weight is 276 g/mol. The molecule has 0 aromatic carbocycles. The summed E-state index contributed by atoms with van der Waals surface area (Å²) in [6.07, 6.45) is 9.75. The number of hydrogen-bond acceptors (Lipinski definition) is 4. The van der Waals surface area contributed by atoms with E-state index >= 15 is 0 Å². The topological polar surface area (TPSA) is 51.6 Å². The van der Waals surface area contributed by atoms with E-state index in [0.717, 1.165) is 11.8 Å². The first kappa shape index (κ1) is 20.5. The van der Waals surface area contributed by atoms with Gasteiger partial charge in [0.1, 0.15) is 12.7 Å². The molecule has 0 unspecified atom stereocenters. The van der Waals surface area contributed by atoms with Gasteiger partial charge < -0.3 is 0 Å². The maximum atomic E-state index is 3.67. The molecule has 0 aliphatic rings. The lowest BCUT2D eigenvalue weighted by Gasteiger charge is -1.79. The number of nitrogens with zero attached hydrogens (tertiary/aromatic N) is 4. The molecular weight excluding hydrogens is 248 g/mol. The van der Waals surface area contributed by atoms with Crippen LogP contribution in [0.5, 0.6) is 0 Å². The van der Waals surface area contributed by atoms with Crippen LogP contribution in [0.3, 0.4) is 0 Å². The number of rotatable bonds is 0. The molecular formula is C16H28N4. The fourth-order valence-corrected chi connectivity index (χ4v) is 0.507. The molecule has 0 aliphatic carbocycles. The Labute approximate surface area is 123 Å². The second-order valence-corrected chi connectivity index (χ2v) is 5.27. The van der Waals surface area contributed by atoms with Crippen LogP contribution in [0, 0.1) is 11.8 Å². The van der Waals surface area contributed by atoms with E-state index in [1.807, 2.05) is 0 Å². The third-order valence-corrected chi connectivity index (χ3v) is 0.955. The molecule has 0 fully saturated rings. The van der Waals surface area contributed by atoms with Crippen LogP contribution in [0.4, 0.5) is 0 Å². The molecule has 0 saturated heterocycles. The molecule has 0 aliphatic heterocycles. The van der Waals surface area contributed by atoms with Crippen LogP contribution in [-0.4, -0.2) is 19.9 Å². The van der Waals surface area contributed by atoms with E-state index in [2.05, 4.69) is 61.5 Å². The summed E-state index contributed by atoms with van der Waals surface area (Å²) in [4.78, 5) is 14.7. The SMILES string of the molecule is CC(C)C.CC(C)C.c1cncnc1.c1cncnc1. The summed E-state index contributed by atoms with van der Waals surface area (Å²) in [6, 6.07) is 3.56. The van der Waals surface area contributed by atoms with Gasteiger partial charge in [-0.25, -0.2) is 19.9 Å². The van der Waals surface area contributed by atoms with Gasteiger partial charge in [0.25, 0.3) is 0 Å². The summed E-state index contributed by atoms with van der Waals surface area (Å²) in [7, 11) is 0. The summed E-state index contributed by atoms with van der Waals surface area (Å²) in [6.45, 7) is 13.0. The van der Waals surface area contributed by atoms with Crippen LogP contribution in [0.2, 0.25) is 0 Å². The van der Waals surface area contributed by atoms with Crippen molar-refractivity contribution in [2.75, 3.05) is 0 Å². The number of hydrogen-bond donors (Lipinski definition) is 0. The van der Waals surface area contributed by atoms with Crippen molar-refractivity contribution in [2.45, 2.75) is 41.5 Å². The van der Waals surface area contributed by atoms with Gasteiger partial charge in [-0.3, -0.25) is 0 Å². The minimum Gasteiger partial charge on any atom is -0.245 e. The Bertz CT molecular complexity index is 253. The Morgan fingerprint density at radius 2 is 0.700 bits per heavy atom. The Morgan fingerprint density at radius 3 is 0.750 bits per heavy atom. The van der Waals surface area contributed by atoms with Crippen molar-refractivity contribution in [2.24, 2.45) is 11.8 Å². The molecule has 4 heteroatoms. The largest absolute Gasteiger partial charge is 0.245 e.